The number of rotatable bonds is 3. The van der Waals surface area contributed by atoms with Gasteiger partial charge in [-0.2, -0.15) is 0 Å². The maximum absolute atomic E-state index is 2.55. The number of nitrogens with zero attached hydrogens (tertiary/aromatic N) is 1. The van der Waals surface area contributed by atoms with Crippen LogP contribution in [0, 0.1) is 23.7 Å². The molecule has 1 atom stereocenters. The summed E-state index contributed by atoms with van der Waals surface area (Å²) in [6, 6.07) is 60.4. The van der Waals surface area contributed by atoms with Crippen molar-refractivity contribution < 1.29 is 0 Å². The molecule has 1 heterocycles. The van der Waals surface area contributed by atoms with Crippen molar-refractivity contribution in [3.8, 4) is 44.5 Å². The highest BCUT2D eigenvalue weighted by Gasteiger charge is 2.61. The Bertz CT molecular complexity index is 2710. The van der Waals surface area contributed by atoms with Gasteiger partial charge in [0.15, 0.2) is 0 Å². The lowest BCUT2D eigenvalue weighted by Gasteiger charge is -2.61. The molecule has 1 aliphatic heterocycles. The molecule has 0 amide bonds. The van der Waals surface area contributed by atoms with Crippen molar-refractivity contribution in [3.63, 3.8) is 0 Å². The van der Waals surface area contributed by atoms with Gasteiger partial charge < -0.3 is 4.90 Å². The van der Waals surface area contributed by atoms with Gasteiger partial charge in [-0.25, -0.2) is 0 Å². The Kier molecular flexibility index (Phi) is 5.99. The van der Waals surface area contributed by atoms with Crippen molar-refractivity contribution in [2.24, 2.45) is 23.7 Å². The zero-order valence-corrected chi connectivity index (χ0v) is 31.3. The molecule has 1 spiro atoms. The molecule has 55 heavy (non-hydrogen) atoms. The van der Waals surface area contributed by atoms with Gasteiger partial charge in [-0.05, 0) is 171 Å². The second-order valence-corrected chi connectivity index (χ2v) is 17.8. The van der Waals surface area contributed by atoms with Crippen LogP contribution >= 0.6 is 0 Å². The Balaban J connectivity index is 0.937. The SMILES string of the molecule is CC12c3ccccc3-c3cccc(c31)N(c1ccc(-c3ccc4c(c3)-c3ccccc3C43C4CC5CC(C4)CC3C5)cc1)c1ccc(-c3ccccc3)cc12. The summed E-state index contributed by atoms with van der Waals surface area (Å²) >= 11 is 0. The minimum atomic E-state index is -0.256. The minimum Gasteiger partial charge on any atom is -0.310 e. The molecule has 7 aromatic rings. The lowest BCUT2D eigenvalue weighted by atomic mass is 9.43. The van der Waals surface area contributed by atoms with Gasteiger partial charge in [0.05, 0.1) is 11.4 Å². The van der Waals surface area contributed by atoms with Crippen molar-refractivity contribution in [3.05, 3.63) is 186 Å². The third-order valence-corrected chi connectivity index (χ3v) is 15.4. The van der Waals surface area contributed by atoms with E-state index in [9.17, 15) is 0 Å². The standard InChI is InChI=1S/C54H43N/c1-53-46-15-7-5-12-42(46)44-14-9-17-51(52(44)53)55(50-25-21-38(32-49(50)53)35-10-3-2-4-11-35)41-22-18-36(19-23-41)37-20-24-48-45(31-37)43-13-6-8-16-47(43)54(48)39-27-33-26-34(29-39)30-40(54)28-33/h2-25,31-34,39-40H,26-30H2,1H3. The summed E-state index contributed by atoms with van der Waals surface area (Å²) in [4.78, 5) is 2.52. The summed E-state index contributed by atoms with van der Waals surface area (Å²) in [5, 5.41) is 0. The fourth-order valence-electron chi connectivity index (χ4n) is 13.5. The molecule has 4 saturated carbocycles. The van der Waals surface area contributed by atoms with E-state index in [1.807, 2.05) is 0 Å². The number of fused-ring (bicyclic) bond motifs is 8. The first-order valence-electron chi connectivity index (χ1n) is 20.7. The zero-order valence-electron chi connectivity index (χ0n) is 31.3. The van der Waals surface area contributed by atoms with Gasteiger partial charge >= 0.3 is 0 Å². The molecule has 0 aromatic heterocycles. The first-order valence-corrected chi connectivity index (χ1v) is 20.7. The van der Waals surface area contributed by atoms with Crippen LogP contribution < -0.4 is 4.90 Å². The maximum Gasteiger partial charge on any atom is 0.0512 e. The second-order valence-electron chi connectivity index (χ2n) is 17.8. The Labute approximate surface area is 324 Å². The monoisotopic (exact) mass is 705 g/mol. The molecule has 6 aliphatic carbocycles. The van der Waals surface area contributed by atoms with Crippen molar-refractivity contribution in [1.82, 2.24) is 0 Å². The van der Waals surface area contributed by atoms with Crippen LogP contribution in [0.1, 0.15) is 66.8 Å². The van der Waals surface area contributed by atoms with Gasteiger partial charge in [0.25, 0.3) is 0 Å². The van der Waals surface area contributed by atoms with Gasteiger partial charge in [-0.15, -0.1) is 0 Å². The third-order valence-electron chi connectivity index (χ3n) is 15.4. The van der Waals surface area contributed by atoms with E-state index in [1.54, 1.807) is 11.1 Å². The lowest BCUT2D eigenvalue weighted by molar-refractivity contribution is -0.0399. The number of hydrogen-bond donors (Lipinski definition) is 0. The van der Waals surface area contributed by atoms with Gasteiger partial charge in [0.2, 0.25) is 0 Å². The van der Waals surface area contributed by atoms with Gasteiger partial charge in [0, 0.05) is 16.5 Å². The zero-order chi connectivity index (χ0) is 36.0. The Morgan fingerprint density at radius 2 is 1.00 bits per heavy atom. The van der Waals surface area contributed by atoms with Crippen molar-refractivity contribution >= 4 is 17.1 Å². The van der Waals surface area contributed by atoms with Gasteiger partial charge in [-0.3, -0.25) is 0 Å². The van der Waals surface area contributed by atoms with Gasteiger partial charge in [0.1, 0.15) is 0 Å². The van der Waals surface area contributed by atoms with Crippen LogP contribution in [-0.2, 0) is 10.8 Å². The van der Waals surface area contributed by atoms with E-state index in [0.29, 0.717) is 0 Å². The quantitative estimate of drug-likeness (QED) is 0.177. The van der Waals surface area contributed by atoms with Crippen LogP contribution in [0.3, 0.4) is 0 Å². The van der Waals surface area contributed by atoms with Crippen LogP contribution in [0.2, 0.25) is 0 Å². The molecule has 4 bridgehead atoms. The van der Waals surface area contributed by atoms with E-state index in [4.69, 9.17) is 0 Å². The Morgan fingerprint density at radius 3 is 1.76 bits per heavy atom. The highest BCUT2D eigenvalue weighted by atomic mass is 15.2. The fourth-order valence-corrected chi connectivity index (χ4v) is 13.5. The van der Waals surface area contributed by atoms with Crippen molar-refractivity contribution in [2.45, 2.75) is 49.9 Å². The van der Waals surface area contributed by atoms with E-state index in [0.717, 1.165) is 23.7 Å². The smallest absolute Gasteiger partial charge is 0.0512 e. The minimum absolute atomic E-state index is 0.216. The first kappa shape index (κ1) is 30.6. The molecule has 0 saturated heterocycles. The van der Waals surface area contributed by atoms with Crippen LogP contribution in [-0.4, -0.2) is 0 Å². The Morgan fingerprint density at radius 1 is 0.418 bits per heavy atom. The van der Waals surface area contributed by atoms with E-state index >= 15 is 0 Å². The van der Waals surface area contributed by atoms with Crippen molar-refractivity contribution in [2.75, 3.05) is 4.90 Å². The van der Waals surface area contributed by atoms with Crippen LogP contribution in [0.4, 0.5) is 17.1 Å². The predicted octanol–water partition coefficient (Wildman–Crippen LogP) is 13.9. The molecule has 0 radical (unpaired) electrons. The average Bonchev–Trinajstić information content (AvgIpc) is 3.68. The normalized spacial score (nSPS) is 26.7. The predicted molar refractivity (Wildman–Crippen MR) is 226 cm³/mol. The number of hydrogen-bond acceptors (Lipinski definition) is 1. The lowest BCUT2D eigenvalue weighted by Crippen LogP contribution is -2.55. The summed E-state index contributed by atoms with van der Waals surface area (Å²) in [6.07, 6.45) is 7.18. The number of anilines is 3. The number of benzene rings is 7. The summed E-state index contributed by atoms with van der Waals surface area (Å²) < 4.78 is 0. The molecular formula is C54H43N. The van der Waals surface area contributed by atoms with Crippen molar-refractivity contribution in [1.29, 1.82) is 0 Å². The largest absolute Gasteiger partial charge is 0.310 e. The average molecular weight is 706 g/mol. The van der Waals surface area contributed by atoms with Crippen LogP contribution in [0.15, 0.2) is 158 Å². The second kappa shape index (κ2) is 10.8. The van der Waals surface area contributed by atoms with Gasteiger partial charge in [-0.1, -0.05) is 121 Å². The van der Waals surface area contributed by atoms with E-state index in [2.05, 4.69) is 170 Å². The molecular weight excluding hydrogens is 663 g/mol. The summed E-state index contributed by atoms with van der Waals surface area (Å²) in [5.41, 5.74) is 21.9. The Hall–Kier alpha value is -5.66. The molecule has 4 fully saturated rings. The highest BCUT2D eigenvalue weighted by molar-refractivity contribution is 5.98. The summed E-state index contributed by atoms with van der Waals surface area (Å²) in [5.74, 6) is 3.50. The molecule has 264 valence electrons. The van der Waals surface area contributed by atoms with E-state index in [-0.39, 0.29) is 10.8 Å². The van der Waals surface area contributed by atoms with Crippen LogP contribution in [0.25, 0.3) is 44.5 Å². The van der Waals surface area contributed by atoms with E-state index < -0.39 is 0 Å². The summed E-state index contributed by atoms with van der Waals surface area (Å²) in [6.45, 7) is 2.45. The summed E-state index contributed by atoms with van der Waals surface area (Å²) in [7, 11) is 0. The molecule has 1 heteroatoms. The fraction of sp³-hybridized carbons (Fsp3) is 0.222. The molecule has 7 aliphatic rings. The molecule has 1 nitrogen and oxygen atoms in total. The highest BCUT2D eigenvalue weighted by Crippen LogP contribution is 2.69. The van der Waals surface area contributed by atoms with Crippen LogP contribution in [0.5, 0.6) is 0 Å². The molecule has 14 rings (SSSR count). The third kappa shape index (κ3) is 3.84. The first-order chi connectivity index (χ1) is 27.1. The topological polar surface area (TPSA) is 3.24 Å². The van der Waals surface area contributed by atoms with E-state index in [1.165, 1.54) is 110 Å². The molecule has 7 aromatic carbocycles. The molecule has 0 N–H and O–H groups in total. The maximum atomic E-state index is 2.55. The molecule has 1 unspecified atom stereocenters.